The fourth-order valence-corrected chi connectivity index (χ4v) is 2.63. The number of aliphatic hydroxyl groups is 1. The first-order valence-corrected chi connectivity index (χ1v) is 7.96. The lowest BCUT2D eigenvalue weighted by molar-refractivity contribution is -0.385. The van der Waals surface area contributed by atoms with Gasteiger partial charge in [0, 0.05) is 35.9 Å². The number of hydrogen-bond donors (Lipinski definition) is 2. The smallest absolute Gasteiger partial charge is 0.274 e. The Bertz CT molecular complexity index is 637. The zero-order valence-electron chi connectivity index (χ0n) is 11.9. The van der Waals surface area contributed by atoms with Gasteiger partial charge in [0.05, 0.1) is 11.5 Å². The highest BCUT2D eigenvalue weighted by atomic mass is 32.2. The molecular formula is C15H17N3O3S. The van der Waals surface area contributed by atoms with Gasteiger partial charge in [0.2, 0.25) is 0 Å². The van der Waals surface area contributed by atoms with Crippen molar-refractivity contribution in [3.63, 3.8) is 0 Å². The maximum absolute atomic E-state index is 11.0. The summed E-state index contributed by atoms with van der Waals surface area (Å²) < 4.78 is 0. The van der Waals surface area contributed by atoms with Crippen molar-refractivity contribution in [2.24, 2.45) is 0 Å². The van der Waals surface area contributed by atoms with E-state index >= 15 is 0 Å². The first-order valence-electron chi connectivity index (χ1n) is 6.80. The van der Waals surface area contributed by atoms with Crippen molar-refractivity contribution in [1.82, 2.24) is 4.98 Å². The van der Waals surface area contributed by atoms with Gasteiger partial charge >= 0.3 is 0 Å². The topological polar surface area (TPSA) is 88.3 Å². The summed E-state index contributed by atoms with van der Waals surface area (Å²) in [6.45, 7) is 0.510. The Morgan fingerprint density at radius 2 is 2.14 bits per heavy atom. The number of rotatable bonds is 8. The maximum atomic E-state index is 11.0. The fraction of sp³-hybridized carbons (Fsp3) is 0.267. The number of aromatic nitrogens is 1. The second-order valence-corrected chi connectivity index (χ2v) is 5.67. The molecule has 0 unspecified atom stereocenters. The molecule has 2 N–H and O–H groups in total. The summed E-state index contributed by atoms with van der Waals surface area (Å²) >= 11 is 1.64. The molecule has 0 radical (unpaired) electrons. The molecule has 0 atom stereocenters. The highest BCUT2D eigenvalue weighted by Crippen LogP contribution is 2.19. The Morgan fingerprint density at radius 3 is 2.91 bits per heavy atom. The molecule has 2 rings (SSSR count). The Labute approximate surface area is 132 Å². The van der Waals surface area contributed by atoms with E-state index in [2.05, 4.69) is 10.3 Å². The van der Waals surface area contributed by atoms with E-state index in [1.807, 2.05) is 12.1 Å². The molecule has 2 aromatic rings. The zero-order chi connectivity index (χ0) is 15.8. The predicted octanol–water partition coefficient (Wildman–Crippen LogP) is 2.83. The summed E-state index contributed by atoms with van der Waals surface area (Å²) in [7, 11) is 0. The van der Waals surface area contributed by atoms with E-state index in [4.69, 9.17) is 5.11 Å². The molecule has 0 spiro atoms. The van der Waals surface area contributed by atoms with Gasteiger partial charge in [-0.05, 0) is 17.7 Å². The SMILES string of the molecule is O=[N+]([O-])c1ccccc1CNc1cc(CSCCO)ccn1. The summed E-state index contributed by atoms with van der Waals surface area (Å²) in [6.07, 6.45) is 1.70. The summed E-state index contributed by atoms with van der Waals surface area (Å²) in [5.74, 6) is 2.17. The van der Waals surface area contributed by atoms with Crippen LogP contribution in [0.3, 0.4) is 0 Å². The van der Waals surface area contributed by atoms with Crippen molar-refractivity contribution < 1.29 is 10.0 Å². The minimum absolute atomic E-state index is 0.102. The van der Waals surface area contributed by atoms with Gasteiger partial charge in [-0.1, -0.05) is 18.2 Å². The molecule has 6 nitrogen and oxygen atoms in total. The Hall–Kier alpha value is -2.12. The lowest BCUT2D eigenvalue weighted by atomic mass is 10.2. The lowest BCUT2D eigenvalue weighted by Gasteiger charge is -2.08. The quantitative estimate of drug-likeness (QED) is 0.442. The molecular weight excluding hydrogens is 302 g/mol. The van der Waals surface area contributed by atoms with E-state index in [1.165, 1.54) is 6.07 Å². The second kappa shape index (κ2) is 8.35. The Balaban J connectivity index is 2.00. The largest absolute Gasteiger partial charge is 0.396 e. The number of aliphatic hydroxyl groups excluding tert-OH is 1. The Morgan fingerprint density at radius 1 is 1.32 bits per heavy atom. The van der Waals surface area contributed by atoms with E-state index in [0.29, 0.717) is 23.7 Å². The van der Waals surface area contributed by atoms with Gasteiger partial charge in [0.15, 0.2) is 0 Å². The van der Waals surface area contributed by atoms with E-state index < -0.39 is 0 Å². The number of nitro benzene ring substituents is 1. The minimum atomic E-state index is -0.383. The van der Waals surface area contributed by atoms with Crippen LogP contribution in [0.5, 0.6) is 0 Å². The number of nitrogens with zero attached hydrogens (tertiary/aromatic N) is 2. The summed E-state index contributed by atoms with van der Waals surface area (Å²) in [4.78, 5) is 14.8. The number of hydrogen-bond acceptors (Lipinski definition) is 6. The van der Waals surface area contributed by atoms with Gasteiger partial charge in [-0.25, -0.2) is 4.98 Å². The molecule has 0 aliphatic rings. The predicted molar refractivity (Wildman–Crippen MR) is 87.9 cm³/mol. The average molecular weight is 319 g/mol. The molecule has 1 aromatic heterocycles. The third-order valence-corrected chi connectivity index (χ3v) is 3.99. The molecule has 0 amide bonds. The van der Waals surface area contributed by atoms with Crippen molar-refractivity contribution in [2.75, 3.05) is 17.7 Å². The van der Waals surface area contributed by atoms with Crippen LogP contribution in [-0.2, 0) is 12.3 Å². The number of benzene rings is 1. The molecule has 1 heterocycles. The second-order valence-electron chi connectivity index (χ2n) is 4.56. The molecule has 7 heteroatoms. The van der Waals surface area contributed by atoms with Gasteiger partial charge in [-0.15, -0.1) is 0 Å². The minimum Gasteiger partial charge on any atom is -0.396 e. The van der Waals surface area contributed by atoms with Crippen molar-refractivity contribution in [3.8, 4) is 0 Å². The van der Waals surface area contributed by atoms with Crippen LogP contribution in [-0.4, -0.2) is 27.4 Å². The summed E-state index contributed by atoms with van der Waals surface area (Å²) in [6, 6.07) is 10.5. The number of thioether (sulfide) groups is 1. The molecule has 116 valence electrons. The van der Waals surface area contributed by atoms with Crippen LogP contribution in [0.2, 0.25) is 0 Å². The van der Waals surface area contributed by atoms with Gasteiger partial charge in [-0.3, -0.25) is 10.1 Å². The normalized spacial score (nSPS) is 10.4. The zero-order valence-corrected chi connectivity index (χ0v) is 12.8. The molecule has 0 fully saturated rings. The number of nitrogens with one attached hydrogen (secondary N) is 1. The van der Waals surface area contributed by atoms with Crippen molar-refractivity contribution in [2.45, 2.75) is 12.3 Å². The standard InChI is InChI=1S/C15H17N3O3S/c19-7-8-22-11-12-5-6-16-15(9-12)17-10-13-3-1-2-4-14(13)18(20)21/h1-6,9,19H,7-8,10-11H2,(H,16,17). The van der Waals surface area contributed by atoms with E-state index in [-0.39, 0.29) is 17.2 Å². The number of nitro groups is 1. The van der Waals surface area contributed by atoms with E-state index in [9.17, 15) is 10.1 Å². The van der Waals surface area contributed by atoms with Crippen molar-refractivity contribution in [3.05, 3.63) is 63.8 Å². The number of anilines is 1. The number of pyridine rings is 1. The molecule has 0 bridgehead atoms. The maximum Gasteiger partial charge on any atom is 0.274 e. The van der Waals surface area contributed by atoms with Crippen molar-refractivity contribution in [1.29, 1.82) is 0 Å². The van der Waals surface area contributed by atoms with Crippen LogP contribution in [0.1, 0.15) is 11.1 Å². The Kier molecular flexibility index (Phi) is 6.17. The highest BCUT2D eigenvalue weighted by Gasteiger charge is 2.11. The highest BCUT2D eigenvalue weighted by molar-refractivity contribution is 7.98. The number of para-hydroxylation sites is 1. The summed E-state index contributed by atoms with van der Waals surface area (Å²) in [5.41, 5.74) is 1.82. The molecule has 22 heavy (non-hydrogen) atoms. The van der Waals surface area contributed by atoms with Crippen LogP contribution < -0.4 is 5.32 Å². The first kappa shape index (κ1) is 16.3. The van der Waals surface area contributed by atoms with Crippen LogP contribution in [0.4, 0.5) is 11.5 Å². The monoisotopic (exact) mass is 319 g/mol. The van der Waals surface area contributed by atoms with Gasteiger partial charge in [-0.2, -0.15) is 11.8 Å². The van der Waals surface area contributed by atoms with Crippen LogP contribution in [0.25, 0.3) is 0 Å². The van der Waals surface area contributed by atoms with Crippen LogP contribution in [0, 0.1) is 10.1 Å². The van der Waals surface area contributed by atoms with Gasteiger partial charge in [0.1, 0.15) is 5.82 Å². The summed E-state index contributed by atoms with van der Waals surface area (Å²) in [5, 5.41) is 22.9. The molecule has 0 saturated heterocycles. The van der Waals surface area contributed by atoms with Gasteiger partial charge < -0.3 is 10.4 Å². The van der Waals surface area contributed by atoms with Gasteiger partial charge in [0.25, 0.3) is 5.69 Å². The average Bonchev–Trinajstić information content (AvgIpc) is 2.54. The third-order valence-electron chi connectivity index (χ3n) is 2.98. The van der Waals surface area contributed by atoms with E-state index in [1.54, 1.807) is 36.2 Å². The van der Waals surface area contributed by atoms with Crippen molar-refractivity contribution >= 4 is 23.3 Å². The van der Waals surface area contributed by atoms with E-state index in [0.717, 1.165) is 11.3 Å². The van der Waals surface area contributed by atoms with Crippen LogP contribution >= 0.6 is 11.8 Å². The molecule has 0 aliphatic heterocycles. The molecule has 0 aliphatic carbocycles. The lowest BCUT2D eigenvalue weighted by Crippen LogP contribution is -2.04. The fourth-order valence-electron chi connectivity index (χ4n) is 1.94. The molecule has 1 aromatic carbocycles. The third kappa shape index (κ3) is 4.71. The van der Waals surface area contributed by atoms with Crippen LogP contribution in [0.15, 0.2) is 42.6 Å². The molecule has 0 saturated carbocycles. The first-order chi connectivity index (χ1) is 10.7.